The summed E-state index contributed by atoms with van der Waals surface area (Å²) in [4.78, 5) is 14.0. The lowest BCUT2D eigenvalue weighted by molar-refractivity contribution is -0.660. The molecule has 120 heavy (non-hydrogen) atoms. The Morgan fingerprint density at radius 3 is 1.18 bits per heavy atom. The molecule has 580 valence electrons. The average molecular weight is 1590 g/mol. The number of furan rings is 5. The molecule has 10 aromatic heterocycles. The molecule has 0 aliphatic rings. The van der Waals surface area contributed by atoms with Gasteiger partial charge in [-0.1, -0.05) is 60.7 Å². The molecule has 0 saturated heterocycles. The molecule has 0 N–H and O–H groups in total. The molecule has 15 nitrogen and oxygen atoms in total. The molecule has 10 aromatic carbocycles. The van der Waals surface area contributed by atoms with Crippen molar-refractivity contribution in [3.8, 4) is 62.4 Å². The number of para-hydroxylation sites is 2. The van der Waals surface area contributed by atoms with E-state index in [-0.39, 0.29) is 29.1 Å². The van der Waals surface area contributed by atoms with Crippen LogP contribution in [0.3, 0.4) is 0 Å². The van der Waals surface area contributed by atoms with Gasteiger partial charge in [-0.15, -0.1) is 0 Å². The predicted octanol–water partition coefficient (Wildman–Crippen LogP) is 24.7. The summed E-state index contributed by atoms with van der Waals surface area (Å²) in [6.07, 6.45) is 9.44. The second-order valence-corrected chi connectivity index (χ2v) is 29.1. The SMILES string of the molecule is Cc1cc2oc3c(C#N)cccc3c2c(F)c1-c1cccc[n+]1C.[C-]#[N+]c1c(-c2cccc[n+]2C)c(C)c(F)c2c1oc1ccccc12.[C-]#[N+]c1ccc2c(c1)oc1cc(C)c(-c3cccc[n+]3C)c(F)c12.[C-]#[N+]c1ccc2oc3cc(C)c(-c4cccc[n+]4C)c(F)c3c2c1.[C-]#[N+]c1cccc2oc3cc(C)c(-c4cccc[n+]4C)c(F)c3c12. The summed E-state index contributed by atoms with van der Waals surface area (Å²) >= 11 is 0. The van der Waals surface area contributed by atoms with Crippen molar-refractivity contribution in [3.63, 3.8) is 0 Å². The van der Waals surface area contributed by atoms with E-state index < -0.39 is 0 Å². The van der Waals surface area contributed by atoms with Gasteiger partial charge in [-0.25, -0.2) is 64.2 Å². The summed E-state index contributed by atoms with van der Waals surface area (Å²) in [6.45, 7) is 38.5. The summed E-state index contributed by atoms with van der Waals surface area (Å²) in [7, 11) is 9.44. The van der Waals surface area contributed by atoms with E-state index in [0.717, 1.165) is 50.7 Å². The fourth-order valence-corrected chi connectivity index (χ4v) is 16.0. The van der Waals surface area contributed by atoms with Gasteiger partial charge in [0, 0.05) is 87.6 Å². The van der Waals surface area contributed by atoms with E-state index in [0.29, 0.717) is 171 Å². The Morgan fingerprint density at radius 1 is 0.300 bits per heavy atom. The lowest BCUT2D eigenvalue weighted by Gasteiger charge is -2.09. The standard InChI is InChI=1S/5C20H14FN2O/c1-12-11-16-19(18-13(22-2)7-6-9-15(18)24-16)20(21)17(12)14-8-4-5-10-23(14)3;1-12-16(14-9-6-7-11-23(14)3)19(22-2)20-17(18(12)21)13-8-4-5-10-15(13)24-20;1-12-10-17-19(14-11-13(22-2)7-8-16(14)24-17)20(21)18(12)15-6-4-5-9-23(15)3;1-12-10-17-19(14-8-7-13(22-2)11-16(14)24-17)20(21)18(12)15-6-4-5-9-23(15)3;1-12-10-16-18(14-7-5-6-13(11-22)20(14)24-16)19(21)17(12)15-8-3-4-9-23(15)2/h4*4-11H,1,3H3;3-10H,1-2H3/q5*+1. The Bertz CT molecular complexity index is 7830. The number of aromatic nitrogens is 5. The smallest absolute Gasteiger partial charge is 0.243 e. The molecule has 0 amide bonds. The topological polar surface area (TPSA) is 126 Å². The second-order valence-electron chi connectivity index (χ2n) is 29.1. The van der Waals surface area contributed by atoms with Gasteiger partial charge in [0.2, 0.25) is 34.2 Å². The van der Waals surface area contributed by atoms with Crippen molar-refractivity contribution >= 4 is 132 Å². The predicted molar refractivity (Wildman–Crippen MR) is 455 cm³/mol. The Balaban J connectivity index is 0.000000112. The van der Waals surface area contributed by atoms with Crippen molar-refractivity contribution in [2.45, 2.75) is 34.6 Å². The van der Waals surface area contributed by atoms with E-state index in [1.54, 1.807) is 85.8 Å². The van der Waals surface area contributed by atoms with Crippen LogP contribution < -0.4 is 22.8 Å². The van der Waals surface area contributed by atoms with E-state index in [9.17, 15) is 5.26 Å². The molecule has 20 aromatic rings. The van der Waals surface area contributed by atoms with Crippen LogP contribution in [0.15, 0.2) is 265 Å². The van der Waals surface area contributed by atoms with Crippen LogP contribution in [0.4, 0.5) is 44.7 Å². The third kappa shape index (κ3) is 13.5. The quantitative estimate of drug-likeness (QED) is 0.0960. The minimum absolute atomic E-state index is 0.291. The molecule has 0 radical (unpaired) electrons. The van der Waals surface area contributed by atoms with Gasteiger partial charge < -0.3 is 22.1 Å². The zero-order chi connectivity index (χ0) is 84.2. The van der Waals surface area contributed by atoms with Crippen molar-refractivity contribution in [1.29, 1.82) is 5.26 Å². The number of aryl methyl sites for hydroxylation is 9. The number of halogens is 5. The van der Waals surface area contributed by atoms with E-state index in [1.165, 1.54) is 0 Å². The molecular weight excluding hydrogens is 1520 g/mol. The van der Waals surface area contributed by atoms with Crippen LogP contribution in [0.1, 0.15) is 33.4 Å². The molecule has 20 rings (SSSR count). The normalized spacial score (nSPS) is 11.1. The van der Waals surface area contributed by atoms with Crippen LogP contribution in [0.2, 0.25) is 0 Å². The first-order valence-corrected chi connectivity index (χ1v) is 37.9. The maximum absolute atomic E-state index is 15.5. The third-order valence-electron chi connectivity index (χ3n) is 21.7. The molecule has 0 unspecified atom stereocenters. The zero-order valence-corrected chi connectivity index (χ0v) is 66.5. The summed E-state index contributed by atoms with van der Waals surface area (Å²) in [5.41, 5.74) is 17.5. The number of hydrogen-bond acceptors (Lipinski definition) is 6. The molecule has 10 heterocycles. The Labute approximate surface area is 684 Å². The lowest BCUT2D eigenvalue weighted by Crippen LogP contribution is -2.30. The van der Waals surface area contributed by atoms with Gasteiger partial charge in [-0.05, 0) is 153 Å². The molecular formula is C100H70F5N10O5+5. The maximum atomic E-state index is 15.5. The van der Waals surface area contributed by atoms with Gasteiger partial charge in [-0.2, -0.15) is 5.26 Å². The highest BCUT2D eigenvalue weighted by molar-refractivity contribution is 6.15. The van der Waals surface area contributed by atoms with Gasteiger partial charge in [-0.3, -0.25) is 0 Å². The average Bonchev–Trinajstić information content (AvgIpc) is 1.43. The minimum Gasteiger partial charge on any atom is -0.467 e. The number of fused-ring (bicyclic) bond motifs is 15. The van der Waals surface area contributed by atoms with Crippen LogP contribution >= 0.6 is 0 Å². The summed E-state index contributed by atoms with van der Waals surface area (Å²) in [6, 6.07) is 65.8. The fraction of sp³-hybridized carbons (Fsp3) is 0.100. The lowest BCUT2D eigenvalue weighted by atomic mass is 9.98. The Hall–Kier alpha value is -16.0. The first-order chi connectivity index (χ1) is 58.1. The summed E-state index contributed by atoms with van der Waals surface area (Å²) in [5, 5.41) is 14.5. The number of pyridine rings is 5. The van der Waals surface area contributed by atoms with Crippen molar-refractivity contribution in [1.82, 2.24) is 0 Å². The van der Waals surface area contributed by atoms with Gasteiger partial charge in [0.15, 0.2) is 53.6 Å². The zero-order valence-electron chi connectivity index (χ0n) is 66.5. The molecule has 0 spiro atoms. The molecule has 0 saturated carbocycles. The van der Waals surface area contributed by atoms with Crippen LogP contribution in [-0.4, -0.2) is 0 Å². The van der Waals surface area contributed by atoms with Crippen LogP contribution in [0.5, 0.6) is 0 Å². The van der Waals surface area contributed by atoms with Crippen molar-refractivity contribution < 1.29 is 66.9 Å². The number of rotatable bonds is 5. The molecule has 0 bridgehead atoms. The van der Waals surface area contributed by atoms with Crippen molar-refractivity contribution in [2.75, 3.05) is 0 Å². The van der Waals surface area contributed by atoms with E-state index >= 15 is 22.0 Å². The van der Waals surface area contributed by atoms with Gasteiger partial charge in [0.05, 0.1) is 86.6 Å². The monoisotopic (exact) mass is 1590 g/mol. The van der Waals surface area contributed by atoms with E-state index in [2.05, 4.69) is 25.4 Å². The first-order valence-electron chi connectivity index (χ1n) is 37.9. The summed E-state index contributed by atoms with van der Waals surface area (Å²) in [5.74, 6) is -1.60. The van der Waals surface area contributed by atoms with E-state index in [1.807, 2.05) is 250 Å². The third-order valence-corrected chi connectivity index (χ3v) is 21.7. The first kappa shape index (κ1) is 78.0. The Morgan fingerprint density at radius 2 is 0.683 bits per heavy atom. The minimum atomic E-state index is -0.346. The summed E-state index contributed by atoms with van der Waals surface area (Å²) < 4.78 is 115. The van der Waals surface area contributed by atoms with Gasteiger partial charge in [0.1, 0.15) is 121 Å². The Kier molecular flexibility index (Phi) is 20.6. The van der Waals surface area contributed by atoms with Crippen LogP contribution in [-0.2, 0) is 35.2 Å². The highest BCUT2D eigenvalue weighted by Crippen LogP contribution is 2.47. The highest BCUT2D eigenvalue weighted by Gasteiger charge is 2.31. The molecule has 20 heteroatoms. The molecule has 0 aliphatic heterocycles. The molecule has 0 aliphatic carbocycles. The van der Waals surface area contributed by atoms with Crippen LogP contribution in [0, 0.1) is 101 Å². The second kappa shape index (κ2) is 31.7. The fourth-order valence-electron chi connectivity index (χ4n) is 16.0. The van der Waals surface area contributed by atoms with E-state index in [4.69, 9.17) is 48.4 Å². The van der Waals surface area contributed by atoms with Crippen molar-refractivity contribution in [2.24, 2.45) is 35.2 Å². The molecule has 0 fully saturated rings. The number of hydrogen-bond donors (Lipinski definition) is 0. The van der Waals surface area contributed by atoms with Crippen LogP contribution in [0.25, 0.3) is 185 Å². The molecule has 0 atom stereocenters. The largest absolute Gasteiger partial charge is 0.467 e. The number of nitriles is 1. The van der Waals surface area contributed by atoms with Gasteiger partial charge in [0.25, 0.3) is 0 Å². The highest BCUT2D eigenvalue weighted by atomic mass is 19.1. The number of benzene rings is 10. The van der Waals surface area contributed by atoms with Gasteiger partial charge >= 0.3 is 0 Å². The number of nitrogens with zero attached hydrogens (tertiary/aromatic N) is 10. The van der Waals surface area contributed by atoms with Crippen molar-refractivity contribution in [3.05, 3.63) is 351 Å². The maximum Gasteiger partial charge on any atom is 0.243 e.